The molecule has 1 aliphatic rings. The van der Waals surface area contributed by atoms with Crippen LogP contribution < -0.4 is 11.1 Å². The molecule has 1 saturated heterocycles. The zero-order chi connectivity index (χ0) is 14.9. The predicted octanol–water partition coefficient (Wildman–Crippen LogP) is 3.20. The molecule has 0 aliphatic carbocycles. The molecule has 0 unspecified atom stereocenters. The number of anilines is 1. The highest BCUT2D eigenvalue weighted by Gasteiger charge is 2.14. The number of nitrogens with one attached hydrogen (secondary N) is 1. The van der Waals surface area contributed by atoms with Crippen LogP contribution in [0.1, 0.15) is 31.2 Å². The molecule has 3 N–H and O–H groups in total. The first kappa shape index (κ1) is 19.3. The quantitative estimate of drug-likeness (QED) is 0.797. The van der Waals surface area contributed by atoms with Crippen molar-refractivity contribution >= 4 is 35.8 Å². The summed E-state index contributed by atoms with van der Waals surface area (Å²) in [5, 5.41) is 3.63. The lowest BCUT2D eigenvalue weighted by Gasteiger charge is -2.21. The number of carbonyl (C=O) groups excluding carboxylic acids is 1. The van der Waals surface area contributed by atoms with Crippen molar-refractivity contribution in [3.63, 3.8) is 0 Å². The number of hydrogen-bond donors (Lipinski definition) is 2. The Morgan fingerprint density at radius 1 is 1.36 bits per heavy atom. The lowest BCUT2D eigenvalue weighted by Crippen LogP contribution is -2.17. The molecule has 0 atom stereocenters. The Morgan fingerprint density at radius 2 is 2.14 bits per heavy atom. The normalized spacial score (nSPS) is 15.1. The van der Waals surface area contributed by atoms with E-state index in [0.717, 1.165) is 43.9 Å². The van der Waals surface area contributed by atoms with E-state index in [1.807, 2.05) is 23.9 Å². The van der Waals surface area contributed by atoms with Gasteiger partial charge in [-0.2, -0.15) is 11.8 Å². The molecule has 124 valence electrons. The van der Waals surface area contributed by atoms with Crippen LogP contribution in [0.2, 0.25) is 0 Å². The summed E-state index contributed by atoms with van der Waals surface area (Å²) in [5.74, 6) is 1.02. The molecular formula is C16H25ClN2O2S. The summed E-state index contributed by atoms with van der Waals surface area (Å²) in [7, 11) is 0. The van der Waals surface area contributed by atoms with Crippen LogP contribution in [0, 0.1) is 0 Å². The molecule has 1 aromatic carbocycles. The van der Waals surface area contributed by atoms with Gasteiger partial charge in [-0.05, 0) is 43.5 Å². The number of thioether (sulfide) groups is 1. The van der Waals surface area contributed by atoms with Gasteiger partial charge in [0.25, 0.3) is 0 Å². The van der Waals surface area contributed by atoms with Crippen LogP contribution in [0.15, 0.2) is 24.3 Å². The number of ether oxygens (including phenoxy) is 1. The molecule has 1 amide bonds. The van der Waals surface area contributed by atoms with E-state index in [4.69, 9.17) is 10.5 Å². The van der Waals surface area contributed by atoms with Crippen LogP contribution in [0.5, 0.6) is 0 Å². The second-order valence-electron chi connectivity index (χ2n) is 5.26. The van der Waals surface area contributed by atoms with Crippen molar-refractivity contribution in [2.75, 3.05) is 25.1 Å². The first-order chi connectivity index (χ1) is 10.3. The molecule has 6 heteroatoms. The molecule has 4 nitrogen and oxygen atoms in total. The average molecular weight is 345 g/mol. The largest absolute Gasteiger partial charge is 0.381 e. The maximum absolute atomic E-state index is 11.7. The molecule has 0 saturated carbocycles. The number of amides is 1. The summed E-state index contributed by atoms with van der Waals surface area (Å²) in [6.45, 7) is 2.32. The van der Waals surface area contributed by atoms with Gasteiger partial charge < -0.3 is 15.8 Å². The molecule has 1 fully saturated rings. The molecule has 1 aromatic rings. The second-order valence-corrected chi connectivity index (χ2v) is 6.55. The Balaban J connectivity index is 0.00000242. The van der Waals surface area contributed by atoms with Crippen LogP contribution in [-0.2, 0) is 15.3 Å². The highest BCUT2D eigenvalue weighted by molar-refractivity contribution is 7.99. The van der Waals surface area contributed by atoms with Crippen LogP contribution in [-0.4, -0.2) is 30.9 Å². The SMILES string of the molecule is Cl.NCCCC(=O)Nc1cccc(CSC2CCOCC2)c1. The van der Waals surface area contributed by atoms with E-state index >= 15 is 0 Å². The predicted molar refractivity (Wildman–Crippen MR) is 95.7 cm³/mol. The zero-order valence-electron chi connectivity index (χ0n) is 12.8. The summed E-state index contributed by atoms with van der Waals surface area (Å²) in [6.07, 6.45) is 3.49. The molecule has 1 heterocycles. The van der Waals surface area contributed by atoms with Crippen molar-refractivity contribution in [1.82, 2.24) is 0 Å². The average Bonchev–Trinajstić information content (AvgIpc) is 2.52. The fourth-order valence-electron chi connectivity index (χ4n) is 2.28. The van der Waals surface area contributed by atoms with Gasteiger partial charge in [-0.1, -0.05) is 12.1 Å². The monoisotopic (exact) mass is 344 g/mol. The lowest BCUT2D eigenvalue weighted by atomic mass is 10.2. The van der Waals surface area contributed by atoms with E-state index in [1.54, 1.807) is 0 Å². The minimum atomic E-state index is 0. The molecule has 0 bridgehead atoms. The minimum Gasteiger partial charge on any atom is -0.381 e. The van der Waals surface area contributed by atoms with Crippen molar-refractivity contribution in [3.05, 3.63) is 29.8 Å². The van der Waals surface area contributed by atoms with Gasteiger partial charge in [0.05, 0.1) is 0 Å². The van der Waals surface area contributed by atoms with E-state index in [2.05, 4.69) is 17.4 Å². The first-order valence-electron chi connectivity index (χ1n) is 7.56. The van der Waals surface area contributed by atoms with Crippen molar-refractivity contribution < 1.29 is 9.53 Å². The smallest absolute Gasteiger partial charge is 0.224 e. The van der Waals surface area contributed by atoms with Crippen LogP contribution in [0.3, 0.4) is 0 Å². The molecule has 0 radical (unpaired) electrons. The third-order valence-corrected chi connectivity index (χ3v) is 4.92. The first-order valence-corrected chi connectivity index (χ1v) is 8.61. The van der Waals surface area contributed by atoms with Crippen LogP contribution in [0.4, 0.5) is 5.69 Å². The number of rotatable bonds is 7. The van der Waals surface area contributed by atoms with Crippen molar-refractivity contribution in [2.24, 2.45) is 5.73 Å². The van der Waals surface area contributed by atoms with Gasteiger partial charge in [-0.25, -0.2) is 0 Å². The van der Waals surface area contributed by atoms with E-state index in [-0.39, 0.29) is 18.3 Å². The van der Waals surface area contributed by atoms with Crippen molar-refractivity contribution in [1.29, 1.82) is 0 Å². The minimum absolute atomic E-state index is 0. The van der Waals surface area contributed by atoms with E-state index in [0.29, 0.717) is 18.2 Å². The number of halogens is 1. The Kier molecular flexibility index (Phi) is 9.55. The Labute approximate surface area is 143 Å². The topological polar surface area (TPSA) is 64.4 Å². The third-order valence-electron chi connectivity index (χ3n) is 3.47. The Hall–Kier alpha value is -0.750. The Morgan fingerprint density at radius 3 is 2.86 bits per heavy atom. The van der Waals surface area contributed by atoms with E-state index in [1.165, 1.54) is 5.56 Å². The number of hydrogen-bond acceptors (Lipinski definition) is 4. The standard InChI is InChI=1S/C16H24N2O2S.ClH/c17-8-2-5-16(19)18-14-4-1-3-13(11-14)12-21-15-6-9-20-10-7-15;/h1,3-4,11,15H,2,5-10,12,17H2,(H,18,19);1H. The molecule has 1 aliphatic heterocycles. The van der Waals surface area contributed by atoms with E-state index in [9.17, 15) is 4.79 Å². The van der Waals surface area contributed by atoms with Gasteiger partial charge >= 0.3 is 0 Å². The van der Waals surface area contributed by atoms with Crippen LogP contribution in [0.25, 0.3) is 0 Å². The molecular weight excluding hydrogens is 320 g/mol. The van der Waals surface area contributed by atoms with Gasteiger partial charge in [0, 0.05) is 36.3 Å². The van der Waals surface area contributed by atoms with E-state index < -0.39 is 0 Å². The van der Waals surface area contributed by atoms with Crippen LogP contribution >= 0.6 is 24.2 Å². The summed E-state index contributed by atoms with van der Waals surface area (Å²) < 4.78 is 5.38. The fourth-order valence-corrected chi connectivity index (χ4v) is 3.42. The fraction of sp³-hybridized carbons (Fsp3) is 0.562. The number of carbonyl (C=O) groups is 1. The van der Waals surface area contributed by atoms with Gasteiger partial charge in [0.2, 0.25) is 5.91 Å². The maximum Gasteiger partial charge on any atom is 0.224 e. The third kappa shape index (κ3) is 7.01. The maximum atomic E-state index is 11.7. The molecule has 0 spiro atoms. The number of nitrogens with two attached hydrogens (primary N) is 1. The highest BCUT2D eigenvalue weighted by Crippen LogP contribution is 2.26. The molecule has 22 heavy (non-hydrogen) atoms. The lowest BCUT2D eigenvalue weighted by molar-refractivity contribution is -0.116. The Bertz CT molecular complexity index is 454. The number of benzene rings is 1. The molecule has 2 rings (SSSR count). The molecule has 0 aromatic heterocycles. The van der Waals surface area contributed by atoms with Gasteiger partial charge in [0.1, 0.15) is 0 Å². The van der Waals surface area contributed by atoms with Gasteiger partial charge in [-0.3, -0.25) is 4.79 Å². The zero-order valence-corrected chi connectivity index (χ0v) is 14.4. The van der Waals surface area contributed by atoms with Crippen molar-refractivity contribution in [3.8, 4) is 0 Å². The van der Waals surface area contributed by atoms with Gasteiger partial charge in [-0.15, -0.1) is 12.4 Å². The summed E-state index contributed by atoms with van der Waals surface area (Å²) in [6, 6.07) is 8.11. The summed E-state index contributed by atoms with van der Waals surface area (Å²) in [4.78, 5) is 11.7. The van der Waals surface area contributed by atoms with Crippen molar-refractivity contribution in [2.45, 2.75) is 36.7 Å². The summed E-state index contributed by atoms with van der Waals surface area (Å²) in [5.41, 5.74) is 7.54. The highest BCUT2D eigenvalue weighted by atomic mass is 35.5. The summed E-state index contributed by atoms with van der Waals surface area (Å²) >= 11 is 1.98. The second kappa shape index (κ2) is 10.9. The van der Waals surface area contributed by atoms with Gasteiger partial charge in [0.15, 0.2) is 0 Å².